The van der Waals surface area contributed by atoms with Gasteiger partial charge in [-0.15, -0.1) is 0 Å². The van der Waals surface area contributed by atoms with Gasteiger partial charge in [-0.25, -0.2) is 4.68 Å². The van der Waals surface area contributed by atoms with Crippen LogP contribution in [0.1, 0.15) is 21.6 Å². The van der Waals surface area contributed by atoms with Crippen LogP contribution in [0.2, 0.25) is 0 Å². The molecule has 0 fully saturated rings. The summed E-state index contributed by atoms with van der Waals surface area (Å²) >= 11 is 0. The smallest absolute Gasteiger partial charge is 0.306 e. The van der Waals surface area contributed by atoms with Crippen LogP contribution in [-0.4, -0.2) is 20.6 Å². The maximum atomic E-state index is 12.8. The molecule has 0 saturated heterocycles. The fourth-order valence-electron chi connectivity index (χ4n) is 2.53. The number of benzene rings is 2. The van der Waals surface area contributed by atoms with Crippen molar-refractivity contribution in [2.45, 2.75) is 13.1 Å². The Morgan fingerprint density at radius 3 is 2.43 bits per heavy atom. The van der Waals surface area contributed by atoms with Crippen LogP contribution in [0.5, 0.6) is 0 Å². The van der Waals surface area contributed by atoms with E-state index in [1.807, 2.05) is 0 Å². The highest BCUT2D eigenvalue weighted by Crippen LogP contribution is 2.30. The summed E-state index contributed by atoms with van der Waals surface area (Å²) in [5.41, 5.74) is -0.220. The van der Waals surface area contributed by atoms with Gasteiger partial charge in [-0.1, -0.05) is 6.07 Å². The highest BCUT2D eigenvalue weighted by Gasteiger charge is 2.31. The number of aryl methyl sites for hydroxylation is 1. The quantitative estimate of drug-likeness (QED) is 0.529. The molecule has 0 saturated carbocycles. The van der Waals surface area contributed by atoms with Gasteiger partial charge in [0.15, 0.2) is 0 Å². The van der Waals surface area contributed by atoms with Crippen molar-refractivity contribution in [1.82, 2.24) is 9.78 Å². The first-order valence-corrected chi connectivity index (χ1v) is 7.95. The average molecular weight is 390 g/mol. The number of anilines is 1. The molecular weight excluding hydrogens is 377 g/mol. The number of hydrogen-bond acceptors (Lipinski definition) is 4. The molecule has 1 amide bonds. The highest BCUT2D eigenvalue weighted by molar-refractivity contribution is 6.04. The lowest BCUT2D eigenvalue weighted by molar-refractivity contribution is -0.384. The molecule has 7 nitrogen and oxygen atoms in total. The molecule has 10 heteroatoms. The van der Waals surface area contributed by atoms with E-state index in [0.717, 1.165) is 18.2 Å². The summed E-state index contributed by atoms with van der Waals surface area (Å²) in [5.74, 6) is -0.525. The molecule has 0 bridgehead atoms. The largest absolute Gasteiger partial charge is 0.416 e. The second kappa shape index (κ2) is 7.14. The van der Waals surface area contributed by atoms with Crippen molar-refractivity contribution in [3.8, 4) is 5.69 Å². The first kappa shape index (κ1) is 19.1. The Bertz CT molecular complexity index is 1040. The molecule has 1 N–H and O–H groups in total. The van der Waals surface area contributed by atoms with E-state index in [-0.39, 0.29) is 17.1 Å². The van der Waals surface area contributed by atoms with Crippen molar-refractivity contribution in [3.63, 3.8) is 0 Å². The van der Waals surface area contributed by atoms with Crippen molar-refractivity contribution in [2.24, 2.45) is 0 Å². The van der Waals surface area contributed by atoms with Crippen LogP contribution in [0, 0.1) is 17.0 Å². The van der Waals surface area contributed by atoms with Crippen molar-refractivity contribution in [3.05, 3.63) is 81.5 Å². The normalized spacial score (nSPS) is 11.3. The third-order valence-corrected chi connectivity index (χ3v) is 3.83. The number of amides is 1. The van der Waals surface area contributed by atoms with Crippen molar-refractivity contribution >= 4 is 17.4 Å². The van der Waals surface area contributed by atoms with E-state index in [1.165, 1.54) is 41.1 Å². The second-order valence-electron chi connectivity index (χ2n) is 5.89. The number of nitro groups is 1. The number of rotatable bonds is 4. The van der Waals surface area contributed by atoms with Crippen LogP contribution in [0.15, 0.2) is 54.6 Å². The molecule has 0 radical (unpaired) electrons. The van der Waals surface area contributed by atoms with Crippen LogP contribution in [0.4, 0.5) is 24.7 Å². The van der Waals surface area contributed by atoms with Crippen LogP contribution < -0.4 is 5.32 Å². The number of alkyl halides is 3. The van der Waals surface area contributed by atoms with E-state index in [2.05, 4.69) is 10.4 Å². The van der Waals surface area contributed by atoms with E-state index in [9.17, 15) is 28.1 Å². The van der Waals surface area contributed by atoms with Gasteiger partial charge in [-0.3, -0.25) is 14.9 Å². The minimum Gasteiger partial charge on any atom is -0.306 e. The maximum absolute atomic E-state index is 12.8. The zero-order valence-electron chi connectivity index (χ0n) is 14.4. The summed E-state index contributed by atoms with van der Waals surface area (Å²) in [6, 6.07) is 11.1. The zero-order valence-corrected chi connectivity index (χ0v) is 14.4. The lowest BCUT2D eigenvalue weighted by atomic mass is 10.1. The molecule has 1 heterocycles. The Hall–Kier alpha value is -3.69. The number of nitro benzene ring substituents is 1. The molecule has 144 valence electrons. The summed E-state index contributed by atoms with van der Waals surface area (Å²) in [5, 5.41) is 17.5. The van der Waals surface area contributed by atoms with Gasteiger partial charge >= 0.3 is 6.18 Å². The summed E-state index contributed by atoms with van der Waals surface area (Å²) in [6.07, 6.45) is -4.56. The molecule has 0 unspecified atom stereocenters. The standard InChI is InChI=1S/C18H13F3N4O3/c1-11-9-16(24(23-11)14-5-7-15(8-6-14)25(27)28)22-17(26)12-3-2-4-13(10-12)18(19,20)21/h2-10H,1H3,(H,22,26). The summed E-state index contributed by atoms with van der Waals surface area (Å²) in [4.78, 5) is 22.6. The van der Waals surface area contributed by atoms with Gasteiger partial charge in [-0.2, -0.15) is 18.3 Å². The molecule has 0 spiro atoms. The summed E-state index contributed by atoms with van der Waals surface area (Å²) in [6.45, 7) is 1.67. The van der Waals surface area contributed by atoms with Gasteiger partial charge < -0.3 is 5.32 Å². The number of non-ortho nitro benzene ring substituents is 1. The lowest BCUT2D eigenvalue weighted by Crippen LogP contribution is -2.16. The predicted octanol–water partition coefficient (Wildman–Crippen LogP) is 4.36. The molecule has 3 rings (SSSR count). The molecular formula is C18H13F3N4O3. The number of aromatic nitrogens is 2. The van der Waals surface area contributed by atoms with Crippen LogP contribution in [0.25, 0.3) is 5.69 Å². The van der Waals surface area contributed by atoms with Crippen LogP contribution in [-0.2, 0) is 6.18 Å². The Morgan fingerprint density at radius 2 is 1.82 bits per heavy atom. The maximum Gasteiger partial charge on any atom is 0.416 e. The zero-order chi connectivity index (χ0) is 20.5. The highest BCUT2D eigenvalue weighted by atomic mass is 19.4. The fourth-order valence-corrected chi connectivity index (χ4v) is 2.53. The SMILES string of the molecule is Cc1cc(NC(=O)c2cccc(C(F)(F)F)c2)n(-c2ccc([N+](=O)[O-])cc2)n1. The Morgan fingerprint density at radius 1 is 1.14 bits per heavy atom. The van der Waals surface area contributed by atoms with Crippen molar-refractivity contribution < 1.29 is 22.9 Å². The number of carbonyl (C=O) groups is 1. The van der Waals surface area contributed by atoms with E-state index in [4.69, 9.17) is 0 Å². The molecule has 28 heavy (non-hydrogen) atoms. The molecule has 1 aromatic heterocycles. The topological polar surface area (TPSA) is 90.1 Å². The molecule has 0 aliphatic carbocycles. The van der Waals surface area contributed by atoms with Gasteiger partial charge in [0.05, 0.1) is 21.9 Å². The number of hydrogen-bond donors (Lipinski definition) is 1. The number of nitrogens with zero attached hydrogens (tertiary/aromatic N) is 3. The summed E-state index contributed by atoms with van der Waals surface area (Å²) in [7, 11) is 0. The minimum absolute atomic E-state index is 0.109. The Labute approximate surface area is 156 Å². The van der Waals surface area contributed by atoms with Crippen molar-refractivity contribution in [2.75, 3.05) is 5.32 Å². The first-order valence-electron chi connectivity index (χ1n) is 7.95. The third-order valence-electron chi connectivity index (χ3n) is 3.83. The summed E-state index contributed by atoms with van der Waals surface area (Å²) < 4.78 is 39.9. The molecule has 0 atom stereocenters. The van der Waals surface area contributed by atoms with Gasteiger partial charge in [0.25, 0.3) is 11.6 Å². The average Bonchev–Trinajstić information content (AvgIpc) is 3.01. The molecule has 0 aliphatic heterocycles. The minimum atomic E-state index is -4.56. The first-order chi connectivity index (χ1) is 13.1. The van der Waals surface area contributed by atoms with Crippen LogP contribution in [0.3, 0.4) is 0 Å². The Kier molecular flexibility index (Phi) is 4.87. The predicted molar refractivity (Wildman–Crippen MR) is 94.4 cm³/mol. The third kappa shape index (κ3) is 4.00. The van der Waals surface area contributed by atoms with E-state index < -0.39 is 22.6 Å². The number of halogens is 3. The van der Waals surface area contributed by atoms with E-state index in [1.54, 1.807) is 6.92 Å². The van der Waals surface area contributed by atoms with Gasteiger partial charge in [0.2, 0.25) is 0 Å². The number of carbonyl (C=O) groups excluding carboxylic acids is 1. The lowest BCUT2D eigenvalue weighted by Gasteiger charge is -2.11. The fraction of sp³-hybridized carbons (Fsp3) is 0.111. The van der Waals surface area contributed by atoms with Crippen LogP contribution >= 0.6 is 0 Å². The van der Waals surface area contributed by atoms with Gasteiger partial charge in [-0.05, 0) is 37.3 Å². The monoisotopic (exact) mass is 390 g/mol. The Balaban J connectivity index is 1.89. The second-order valence-corrected chi connectivity index (χ2v) is 5.89. The van der Waals surface area contributed by atoms with Crippen molar-refractivity contribution in [1.29, 1.82) is 0 Å². The van der Waals surface area contributed by atoms with E-state index >= 15 is 0 Å². The molecule has 0 aliphatic rings. The molecule has 2 aromatic carbocycles. The van der Waals surface area contributed by atoms with Gasteiger partial charge in [0.1, 0.15) is 5.82 Å². The molecule has 3 aromatic rings. The van der Waals surface area contributed by atoms with Gasteiger partial charge in [0, 0.05) is 23.8 Å². The number of nitrogens with one attached hydrogen (secondary N) is 1. The van der Waals surface area contributed by atoms with E-state index in [0.29, 0.717) is 11.4 Å².